The third kappa shape index (κ3) is 2.35. The SMILES string of the molecule is C=Cc1c(C)ccc(F)c1-c1ccccc1C(=O)OC. The van der Waals surface area contributed by atoms with Crippen LogP contribution in [0.15, 0.2) is 43.0 Å². The van der Waals surface area contributed by atoms with E-state index in [-0.39, 0.29) is 5.82 Å². The smallest absolute Gasteiger partial charge is 0.338 e. The third-order valence-electron chi connectivity index (χ3n) is 3.22. The second-order valence-electron chi connectivity index (χ2n) is 4.39. The summed E-state index contributed by atoms with van der Waals surface area (Å²) < 4.78 is 19.0. The highest BCUT2D eigenvalue weighted by atomic mass is 19.1. The van der Waals surface area contributed by atoms with Crippen LogP contribution in [0.25, 0.3) is 17.2 Å². The maximum atomic E-state index is 14.3. The molecule has 2 nitrogen and oxygen atoms in total. The van der Waals surface area contributed by atoms with Gasteiger partial charge in [-0.25, -0.2) is 9.18 Å². The lowest BCUT2D eigenvalue weighted by Crippen LogP contribution is -2.05. The van der Waals surface area contributed by atoms with Gasteiger partial charge in [-0.2, -0.15) is 0 Å². The van der Waals surface area contributed by atoms with Crippen molar-refractivity contribution in [2.24, 2.45) is 0 Å². The summed E-state index contributed by atoms with van der Waals surface area (Å²) in [6, 6.07) is 9.89. The molecule has 0 N–H and O–H groups in total. The zero-order valence-corrected chi connectivity index (χ0v) is 11.4. The maximum Gasteiger partial charge on any atom is 0.338 e. The molecule has 0 spiro atoms. The summed E-state index contributed by atoms with van der Waals surface area (Å²) in [7, 11) is 1.31. The summed E-state index contributed by atoms with van der Waals surface area (Å²) in [5.41, 5.74) is 2.80. The quantitative estimate of drug-likeness (QED) is 0.780. The first-order chi connectivity index (χ1) is 9.60. The van der Waals surface area contributed by atoms with Crippen LogP contribution in [-0.4, -0.2) is 13.1 Å². The summed E-state index contributed by atoms with van der Waals surface area (Å²) in [5.74, 6) is -0.877. The minimum atomic E-state index is -0.489. The predicted molar refractivity (Wildman–Crippen MR) is 78.0 cm³/mol. The van der Waals surface area contributed by atoms with Crippen molar-refractivity contribution < 1.29 is 13.9 Å². The van der Waals surface area contributed by atoms with Gasteiger partial charge in [0, 0.05) is 5.56 Å². The zero-order valence-electron chi connectivity index (χ0n) is 11.4. The highest BCUT2D eigenvalue weighted by Gasteiger charge is 2.18. The molecule has 0 aliphatic heterocycles. The van der Waals surface area contributed by atoms with Gasteiger partial charge < -0.3 is 4.74 Å². The van der Waals surface area contributed by atoms with Crippen molar-refractivity contribution in [2.75, 3.05) is 7.11 Å². The van der Waals surface area contributed by atoms with E-state index in [0.29, 0.717) is 22.3 Å². The fraction of sp³-hybridized carbons (Fsp3) is 0.118. The van der Waals surface area contributed by atoms with Gasteiger partial charge in [-0.1, -0.05) is 36.9 Å². The number of esters is 1. The van der Waals surface area contributed by atoms with Gasteiger partial charge in [-0.05, 0) is 35.7 Å². The van der Waals surface area contributed by atoms with Crippen molar-refractivity contribution >= 4 is 12.0 Å². The molecule has 0 aliphatic rings. The summed E-state index contributed by atoms with van der Waals surface area (Å²) in [4.78, 5) is 11.8. The minimum absolute atomic E-state index is 0.336. The van der Waals surface area contributed by atoms with Crippen LogP contribution in [0.4, 0.5) is 4.39 Å². The van der Waals surface area contributed by atoms with Crippen LogP contribution in [0.1, 0.15) is 21.5 Å². The molecular weight excluding hydrogens is 255 g/mol. The molecule has 0 heterocycles. The summed E-state index contributed by atoms with van der Waals surface area (Å²) in [5, 5.41) is 0. The van der Waals surface area contributed by atoms with E-state index in [1.807, 2.05) is 6.92 Å². The number of carbonyl (C=O) groups is 1. The number of aryl methyl sites for hydroxylation is 1. The number of hydrogen-bond acceptors (Lipinski definition) is 2. The number of rotatable bonds is 3. The largest absolute Gasteiger partial charge is 0.465 e. The fourth-order valence-corrected chi connectivity index (χ4v) is 2.22. The van der Waals surface area contributed by atoms with Gasteiger partial charge in [0.1, 0.15) is 5.82 Å². The van der Waals surface area contributed by atoms with E-state index in [1.54, 1.807) is 36.4 Å². The molecule has 0 saturated heterocycles. The first-order valence-corrected chi connectivity index (χ1v) is 6.19. The number of halogens is 1. The first kappa shape index (κ1) is 14.0. The minimum Gasteiger partial charge on any atom is -0.465 e. The van der Waals surface area contributed by atoms with Gasteiger partial charge >= 0.3 is 5.97 Å². The molecule has 0 unspecified atom stereocenters. The molecule has 3 heteroatoms. The van der Waals surface area contributed by atoms with Crippen LogP contribution < -0.4 is 0 Å². The molecule has 0 amide bonds. The van der Waals surface area contributed by atoms with Crippen LogP contribution in [0.2, 0.25) is 0 Å². The molecule has 0 saturated carbocycles. The molecule has 102 valence electrons. The molecule has 0 radical (unpaired) electrons. The monoisotopic (exact) mass is 270 g/mol. The van der Waals surface area contributed by atoms with Crippen LogP contribution in [0.3, 0.4) is 0 Å². The van der Waals surface area contributed by atoms with Gasteiger partial charge in [-0.15, -0.1) is 0 Å². The Balaban J connectivity index is 2.79. The van der Waals surface area contributed by atoms with Crippen molar-refractivity contribution in [3.8, 4) is 11.1 Å². The molecule has 0 atom stereocenters. The Labute approximate surface area is 117 Å². The number of benzene rings is 2. The Bertz CT molecular complexity index is 675. The number of methoxy groups -OCH3 is 1. The Hall–Kier alpha value is -2.42. The van der Waals surface area contributed by atoms with Crippen molar-refractivity contribution in [3.63, 3.8) is 0 Å². The lowest BCUT2D eigenvalue weighted by Gasteiger charge is -2.13. The van der Waals surface area contributed by atoms with E-state index in [1.165, 1.54) is 13.2 Å². The number of ether oxygens (including phenoxy) is 1. The second-order valence-corrected chi connectivity index (χ2v) is 4.39. The van der Waals surface area contributed by atoms with Gasteiger partial charge in [0.05, 0.1) is 12.7 Å². The summed E-state index contributed by atoms with van der Waals surface area (Å²) in [6.45, 7) is 5.61. The van der Waals surface area contributed by atoms with E-state index in [2.05, 4.69) is 6.58 Å². The molecule has 2 aromatic carbocycles. The topological polar surface area (TPSA) is 26.3 Å². The van der Waals surface area contributed by atoms with Crippen molar-refractivity contribution in [1.82, 2.24) is 0 Å². The molecule has 2 rings (SSSR count). The highest BCUT2D eigenvalue weighted by molar-refractivity contribution is 5.98. The molecule has 0 aliphatic carbocycles. The number of carbonyl (C=O) groups excluding carboxylic acids is 1. The third-order valence-corrected chi connectivity index (χ3v) is 3.22. The lowest BCUT2D eigenvalue weighted by atomic mass is 9.92. The number of hydrogen-bond donors (Lipinski definition) is 0. The summed E-state index contributed by atoms with van der Waals surface area (Å²) in [6.07, 6.45) is 1.60. The van der Waals surface area contributed by atoms with Crippen LogP contribution in [0, 0.1) is 12.7 Å². The molecule has 2 aromatic rings. The van der Waals surface area contributed by atoms with E-state index in [9.17, 15) is 9.18 Å². The lowest BCUT2D eigenvalue weighted by molar-refractivity contribution is 0.0601. The van der Waals surface area contributed by atoms with Gasteiger partial charge in [0.15, 0.2) is 0 Å². The molecule has 0 aromatic heterocycles. The van der Waals surface area contributed by atoms with Gasteiger partial charge in [0.2, 0.25) is 0 Å². The molecular formula is C17H15FO2. The standard InChI is InChI=1S/C17H15FO2/c1-4-12-11(2)9-10-15(18)16(12)13-7-5-6-8-14(13)17(19)20-3/h4-10H,1H2,2-3H3. The van der Waals surface area contributed by atoms with Gasteiger partial charge in [-0.3, -0.25) is 0 Å². The zero-order chi connectivity index (χ0) is 14.7. The highest BCUT2D eigenvalue weighted by Crippen LogP contribution is 2.32. The Morgan fingerprint density at radius 1 is 1.25 bits per heavy atom. The van der Waals surface area contributed by atoms with Crippen molar-refractivity contribution in [2.45, 2.75) is 6.92 Å². The Kier molecular flexibility index (Phi) is 3.99. The second kappa shape index (κ2) is 5.70. The first-order valence-electron chi connectivity index (χ1n) is 6.19. The Morgan fingerprint density at radius 3 is 2.60 bits per heavy atom. The van der Waals surface area contributed by atoms with Crippen molar-refractivity contribution in [3.05, 3.63) is 65.5 Å². The predicted octanol–water partition coefficient (Wildman–Crippen LogP) is 4.23. The van der Waals surface area contributed by atoms with E-state index in [0.717, 1.165) is 5.56 Å². The van der Waals surface area contributed by atoms with E-state index < -0.39 is 5.97 Å². The fourth-order valence-electron chi connectivity index (χ4n) is 2.22. The summed E-state index contributed by atoms with van der Waals surface area (Å²) >= 11 is 0. The average molecular weight is 270 g/mol. The normalized spacial score (nSPS) is 10.2. The molecule has 20 heavy (non-hydrogen) atoms. The van der Waals surface area contributed by atoms with E-state index in [4.69, 9.17) is 4.74 Å². The van der Waals surface area contributed by atoms with Crippen molar-refractivity contribution in [1.29, 1.82) is 0 Å². The van der Waals surface area contributed by atoms with Crippen LogP contribution in [-0.2, 0) is 4.74 Å². The van der Waals surface area contributed by atoms with Crippen LogP contribution in [0.5, 0.6) is 0 Å². The van der Waals surface area contributed by atoms with E-state index >= 15 is 0 Å². The van der Waals surface area contributed by atoms with Gasteiger partial charge in [0.25, 0.3) is 0 Å². The Morgan fingerprint density at radius 2 is 1.95 bits per heavy atom. The maximum absolute atomic E-state index is 14.3. The molecule has 0 fully saturated rings. The molecule has 0 bridgehead atoms. The average Bonchev–Trinajstić information content (AvgIpc) is 2.48. The van der Waals surface area contributed by atoms with Crippen LogP contribution >= 0.6 is 0 Å².